The summed E-state index contributed by atoms with van der Waals surface area (Å²) in [5.74, 6) is 1.28. The van der Waals surface area contributed by atoms with Gasteiger partial charge in [0.1, 0.15) is 0 Å². The minimum Gasteiger partial charge on any atom is -0.394 e. The second-order valence-electron chi connectivity index (χ2n) is 5.29. The van der Waals surface area contributed by atoms with Gasteiger partial charge in [-0.3, -0.25) is 0 Å². The van der Waals surface area contributed by atoms with E-state index in [1.165, 1.54) is 6.42 Å². The Labute approximate surface area is 102 Å². The molecule has 4 nitrogen and oxygen atoms in total. The molecule has 0 spiro atoms. The molecule has 1 aromatic heterocycles. The molecule has 2 N–H and O–H groups in total. The highest BCUT2D eigenvalue weighted by Crippen LogP contribution is 2.33. The van der Waals surface area contributed by atoms with Crippen molar-refractivity contribution >= 4 is 5.95 Å². The summed E-state index contributed by atoms with van der Waals surface area (Å²) in [6.45, 7) is 4.33. The molecule has 0 bridgehead atoms. The van der Waals surface area contributed by atoms with E-state index in [0.717, 1.165) is 25.0 Å². The van der Waals surface area contributed by atoms with Gasteiger partial charge in [-0.05, 0) is 31.7 Å². The summed E-state index contributed by atoms with van der Waals surface area (Å²) in [6.07, 6.45) is 6.13. The lowest BCUT2D eigenvalue weighted by Crippen LogP contribution is -2.46. The summed E-state index contributed by atoms with van der Waals surface area (Å²) in [6, 6.07) is 1.88. The van der Waals surface area contributed by atoms with Crippen LogP contribution in [0.2, 0.25) is 0 Å². The van der Waals surface area contributed by atoms with Crippen molar-refractivity contribution in [3.63, 3.8) is 0 Å². The predicted octanol–water partition coefficient (Wildman–Crippen LogP) is 2.14. The van der Waals surface area contributed by atoms with Crippen molar-refractivity contribution < 1.29 is 5.11 Å². The largest absolute Gasteiger partial charge is 0.394 e. The van der Waals surface area contributed by atoms with Crippen LogP contribution in [0.5, 0.6) is 0 Å². The fourth-order valence-electron chi connectivity index (χ4n) is 2.70. The molecule has 1 saturated carbocycles. The number of nitrogens with zero attached hydrogens (tertiary/aromatic N) is 2. The molecule has 94 valence electrons. The van der Waals surface area contributed by atoms with Gasteiger partial charge in [-0.25, -0.2) is 9.97 Å². The highest BCUT2D eigenvalue weighted by atomic mass is 16.3. The molecule has 0 aliphatic heterocycles. The second-order valence-corrected chi connectivity index (χ2v) is 5.29. The van der Waals surface area contributed by atoms with Crippen molar-refractivity contribution in [2.24, 2.45) is 5.92 Å². The highest BCUT2D eigenvalue weighted by molar-refractivity contribution is 5.30. The summed E-state index contributed by atoms with van der Waals surface area (Å²) in [5, 5.41) is 13.0. The Morgan fingerprint density at radius 3 is 3.06 bits per heavy atom. The maximum Gasteiger partial charge on any atom is 0.223 e. The van der Waals surface area contributed by atoms with Gasteiger partial charge in [0.25, 0.3) is 0 Å². The molecule has 1 aromatic rings. The van der Waals surface area contributed by atoms with Crippen LogP contribution in [0, 0.1) is 12.8 Å². The normalized spacial score (nSPS) is 29.0. The third-order valence-corrected chi connectivity index (χ3v) is 3.57. The summed E-state index contributed by atoms with van der Waals surface area (Å²) < 4.78 is 0. The maximum atomic E-state index is 9.67. The van der Waals surface area contributed by atoms with E-state index in [4.69, 9.17) is 0 Å². The van der Waals surface area contributed by atoms with Crippen LogP contribution in [0.1, 0.15) is 38.3 Å². The molecule has 17 heavy (non-hydrogen) atoms. The van der Waals surface area contributed by atoms with E-state index in [-0.39, 0.29) is 12.1 Å². The monoisotopic (exact) mass is 235 g/mol. The first-order valence-electron chi connectivity index (χ1n) is 6.32. The van der Waals surface area contributed by atoms with E-state index in [1.54, 1.807) is 6.20 Å². The topological polar surface area (TPSA) is 58.0 Å². The second kappa shape index (κ2) is 5.00. The van der Waals surface area contributed by atoms with Crippen LogP contribution in [0.4, 0.5) is 5.95 Å². The lowest BCUT2D eigenvalue weighted by atomic mass is 9.77. The van der Waals surface area contributed by atoms with Crippen LogP contribution in [0.15, 0.2) is 12.3 Å². The van der Waals surface area contributed by atoms with E-state index in [0.29, 0.717) is 11.9 Å². The van der Waals surface area contributed by atoms with E-state index < -0.39 is 0 Å². The molecule has 1 aliphatic rings. The number of hydrogen-bond acceptors (Lipinski definition) is 4. The number of aryl methyl sites for hydroxylation is 1. The molecule has 2 atom stereocenters. The van der Waals surface area contributed by atoms with E-state index >= 15 is 0 Å². The molecular formula is C13H21N3O. The van der Waals surface area contributed by atoms with Crippen LogP contribution in [-0.4, -0.2) is 27.2 Å². The molecule has 4 heteroatoms. The average Bonchev–Trinajstić information content (AvgIpc) is 2.29. The Balaban J connectivity index is 2.13. The summed E-state index contributed by atoms with van der Waals surface area (Å²) in [5.41, 5.74) is 0.713. The van der Waals surface area contributed by atoms with Gasteiger partial charge in [0.05, 0.1) is 12.1 Å². The average molecular weight is 235 g/mol. The third kappa shape index (κ3) is 2.94. The van der Waals surface area contributed by atoms with Crippen molar-refractivity contribution in [1.82, 2.24) is 9.97 Å². The number of rotatable bonds is 3. The van der Waals surface area contributed by atoms with Gasteiger partial charge in [-0.2, -0.15) is 0 Å². The van der Waals surface area contributed by atoms with Crippen LogP contribution in [-0.2, 0) is 0 Å². The Bertz CT molecular complexity index is 383. The molecule has 0 saturated heterocycles. The third-order valence-electron chi connectivity index (χ3n) is 3.57. The van der Waals surface area contributed by atoms with Gasteiger partial charge >= 0.3 is 0 Å². The summed E-state index contributed by atoms with van der Waals surface area (Å²) in [4.78, 5) is 8.57. The molecule has 2 rings (SSSR count). The fraction of sp³-hybridized carbons (Fsp3) is 0.692. The van der Waals surface area contributed by atoms with Crippen molar-refractivity contribution in [1.29, 1.82) is 0 Å². The maximum absolute atomic E-state index is 9.67. The number of aliphatic hydroxyl groups excluding tert-OH is 1. The molecule has 1 aliphatic carbocycles. The first kappa shape index (κ1) is 12.3. The van der Waals surface area contributed by atoms with Gasteiger partial charge in [0.2, 0.25) is 5.95 Å². The fourth-order valence-corrected chi connectivity index (χ4v) is 2.70. The molecule has 0 radical (unpaired) electrons. The van der Waals surface area contributed by atoms with E-state index in [1.807, 2.05) is 13.0 Å². The first-order valence-corrected chi connectivity index (χ1v) is 6.32. The molecule has 0 amide bonds. The zero-order valence-electron chi connectivity index (χ0n) is 10.6. The summed E-state index contributed by atoms with van der Waals surface area (Å²) >= 11 is 0. The lowest BCUT2D eigenvalue weighted by Gasteiger charge is -2.39. The number of aliphatic hydroxyl groups is 1. The van der Waals surface area contributed by atoms with Crippen molar-refractivity contribution in [3.05, 3.63) is 18.0 Å². The van der Waals surface area contributed by atoms with Gasteiger partial charge in [0, 0.05) is 11.9 Å². The molecular weight excluding hydrogens is 214 g/mol. The number of anilines is 1. The van der Waals surface area contributed by atoms with E-state index in [9.17, 15) is 5.11 Å². The zero-order valence-corrected chi connectivity index (χ0v) is 10.6. The van der Waals surface area contributed by atoms with Gasteiger partial charge < -0.3 is 10.4 Å². The quantitative estimate of drug-likeness (QED) is 0.842. The van der Waals surface area contributed by atoms with Crippen LogP contribution < -0.4 is 5.32 Å². The molecule has 1 heterocycles. The Morgan fingerprint density at radius 1 is 1.59 bits per heavy atom. The van der Waals surface area contributed by atoms with Crippen molar-refractivity contribution in [2.75, 3.05) is 11.9 Å². The van der Waals surface area contributed by atoms with Gasteiger partial charge in [-0.1, -0.05) is 19.8 Å². The zero-order chi connectivity index (χ0) is 12.3. The Kier molecular flexibility index (Phi) is 3.62. The van der Waals surface area contributed by atoms with Crippen molar-refractivity contribution in [2.45, 2.75) is 45.1 Å². The molecule has 1 fully saturated rings. The molecule has 0 aromatic carbocycles. The first-order chi connectivity index (χ1) is 8.13. The SMILES string of the molecule is Cc1ccnc(NC2(CO)CCCC(C)C2)n1. The van der Waals surface area contributed by atoms with Gasteiger partial charge in [0.15, 0.2) is 0 Å². The Hall–Kier alpha value is -1.16. The molecule has 2 unspecified atom stereocenters. The Morgan fingerprint density at radius 2 is 2.41 bits per heavy atom. The smallest absolute Gasteiger partial charge is 0.223 e. The summed E-state index contributed by atoms with van der Waals surface area (Å²) in [7, 11) is 0. The van der Waals surface area contributed by atoms with Crippen molar-refractivity contribution in [3.8, 4) is 0 Å². The van der Waals surface area contributed by atoms with Crippen LogP contribution in [0.25, 0.3) is 0 Å². The predicted molar refractivity (Wildman–Crippen MR) is 67.8 cm³/mol. The van der Waals surface area contributed by atoms with E-state index in [2.05, 4.69) is 22.2 Å². The van der Waals surface area contributed by atoms with Crippen LogP contribution in [0.3, 0.4) is 0 Å². The minimum absolute atomic E-state index is 0.147. The number of nitrogens with one attached hydrogen (secondary N) is 1. The number of aromatic nitrogens is 2. The van der Waals surface area contributed by atoms with Crippen LogP contribution >= 0.6 is 0 Å². The standard InChI is InChI=1S/C13H21N3O/c1-10-4-3-6-13(8-10,9-17)16-12-14-7-5-11(2)15-12/h5,7,10,17H,3-4,6,8-9H2,1-2H3,(H,14,15,16). The minimum atomic E-state index is -0.231. The van der Waals surface area contributed by atoms with Gasteiger partial charge in [-0.15, -0.1) is 0 Å². The number of hydrogen-bond donors (Lipinski definition) is 2. The lowest BCUT2D eigenvalue weighted by molar-refractivity contribution is 0.149. The highest BCUT2D eigenvalue weighted by Gasteiger charge is 2.34.